The van der Waals surface area contributed by atoms with Crippen molar-refractivity contribution < 1.29 is 70.5 Å². The summed E-state index contributed by atoms with van der Waals surface area (Å²) < 4.78 is 0.683. The van der Waals surface area contributed by atoms with Gasteiger partial charge in [-0.25, -0.2) is 0 Å². The molecule has 64 valence electrons. The Morgan fingerprint density at radius 3 is 2.86 bits per heavy atom. The smallest absolute Gasteiger partial charge is 0.168 e. The van der Waals surface area contributed by atoms with Gasteiger partial charge >= 0.3 is 0 Å². The number of phenols is 1. The molecule has 1 N–H and O–H groups in total. The Hall–Kier alpha value is 0.608. The third kappa shape index (κ3) is 3.05. The van der Waals surface area contributed by atoms with Crippen molar-refractivity contribution in [3.63, 3.8) is 0 Å². The van der Waals surface area contributed by atoms with Crippen molar-refractivity contribution in [3.05, 3.63) is 23.2 Å². The van der Waals surface area contributed by atoms with Crippen LogP contribution in [-0.2, 0) is 65.4 Å². The zero-order chi connectivity index (χ0) is 8.55. The molecule has 3 nitrogen and oxygen atoms in total. The Morgan fingerprint density at radius 1 is 1.50 bits per heavy atom. The summed E-state index contributed by atoms with van der Waals surface area (Å²) in [6, 6.07) is 8.66. The van der Waals surface area contributed by atoms with Gasteiger partial charge in [0.15, 0.2) is 5.01 Å². The second-order valence-corrected chi connectivity index (χ2v) is 3.11. The number of thiazole rings is 1. The van der Waals surface area contributed by atoms with E-state index < -0.39 is 0 Å². The zero-order valence-corrected chi connectivity index (χ0v) is 13.5. The molecule has 6 heteroatoms. The Labute approximate surface area is 135 Å². The molecule has 1 aromatic heterocycles. The van der Waals surface area contributed by atoms with Gasteiger partial charge in [0.2, 0.25) is 0 Å². The minimum Gasteiger partial charge on any atom is -0.559 e. The number of rotatable bonds is 0. The fourth-order valence-corrected chi connectivity index (χ4v) is 1.59. The molecule has 0 saturated heterocycles. The summed E-state index contributed by atoms with van der Waals surface area (Å²) in [5, 5.41) is 17.9. The summed E-state index contributed by atoms with van der Waals surface area (Å²) in [4.78, 5) is 3.96. The molecule has 0 spiro atoms. The van der Waals surface area contributed by atoms with Crippen LogP contribution in [0.4, 0.5) is 0 Å². The molecule has 0 amide bonds. The van der Waals surface area contributed by atoms with Crippen LogP contribution in [0.5, 0.6) is 5.75 Å². The van der Waals surface area contributed by atoms with Gasteiger partial charge in [-0.15, -0.1) is 11.3 Å². The number of aromatic hydroxyl groups is 1. The number of hydrogen-bond acceptors (Lipinski definition) is 4. The van der Waals surface area contributed by atoms with Crippen LogP contribution in [0.3, 0.4) is 0 Å². The van der Waals surface area contributed by atoms with Gasteiger partial charge in [0.25, 0.3) is 0 Å². The SMILES string of the molecule is N#Cc1nc2c[c-]c(O)[c-]c2s1.[Y].[Y]. The van der Waals surface area contributed by atoms with E-state index in [-0.39, 0.29) is 71.2 Å². The molecule has 0 aliphatic heterocycles. The van der Waals surface area contributed by atoms with E-state index in [1.165, 1.54) is 11.3 Å². The van der Waals surface area contributed by atoms with Crippen LogP contribution < -0.4 is 0 Å². The Morgan fingerprint density at radius 2 is 2.21 bits per heavy atom. The molecular weight excluding hydrogens is 350 g/mol. The van der Waals surface area contributed by atoms with Crippen molar-refractivity contribution in [3.8, 4) is 11.8 Å². The first-order chi connectivity index (χ1) is 5.79. The molecule has 0 fully saturated rings. The average molecular weight is 352 g/mol. The number of benzene rings is 1. The normalized spacial score (nSPS) is 8.50. The first-order valence-electron chi connectivity index (χ1n) is 3.13. The summed E-state index contributed by atoms with van der Waals surface area (Å²) in [6.07, 6.45) is 0. The van der Waals surface area contributed by atoms with E-state index in [0.29, 0.717) is 15.2 Å². The van der Waals surface area contributed by atoms with Gasteiger partial charge in [0.05, 0.1) is 0 Å². The van der Waals surface area contributed by atoms with Crippen molar-refractivity contribution >= 4 is 21.6 Å². The van der Waals surface area contributed by atoms with Gasteiger partial charge in [-0.05, 0) is 0 Å². The van der Waals surface area contributed by atoms with E-state index in [4.69, 9.17) is 10.4 Å². The van der Waals surface area contributed by atoms with Crippen LogP contribution in [0.25, 0.3) is 10.2 Å². The van der Waals surface area contributed by atoms with Crippen LogP contribution in [0, 0.1) is 23.5 Å². The maximum atomic E-state index is 9.00. The van der Waals surface area contributed by atoms with E-state index in [1.54, 1.807) is 6.07 Å². The fourth-order valence-electron chi connectivity index (χ4n) is 0.847. The van der Waals surface area contributed by atoms with Crippen molar-refractivity contribution in [2.45, 2.75) is 0 Å². The fraction of sp³-hybridized carbons (Fsp3) is 0. The molecule has 2 aromatic rings. The third-order valence-corrected chi connectivity index (χ3v) is 2.22. The molecule has 0 unspecified atom stereocenters. The number of hydrogen-bond donors (Lipinski definition) is 1. The van der Waals surface area contributed by atoms with Crippen molar-refractivity contribution in [1.29, 1.82) is 5.26 Å². The largest absolute Gasteiger partial charge is 0.559 e. The number of nitrogens with zero attached hydrogens (tertiary/aromatic N) is 2. The minimum atomic E-state index is -0.0457. The second-order valence-electron chi connectivity index (χ2n) is 2.11. The van der Waals surface area contributed by atoms with Crippen LogP contribution >= 0.6 is 11.3 Å². The van der Waals surface area contributed by atoms with E-state index >= 15 is 0 Å². The van der Waals surface area contributed by atoms with Gasteiger partial charge in [0, 0.05) is 65.4 Å². The predicted molar refractivity (Wildman–Crippen MR) is 43.7 cm³/mol. The van der Waals surface area contributed by atoms with Crippen LogP contribution in [0.2, 0.25) is 0 Å². The zero-order valence-electron chi connectivity index (χ0n) is 6.98. The summed E-state index contributed by atoms with van der Waals surface area (Å²) in [6.45, 7) is 0. The van der Waals surface area contributed by atoms with Crippen LogP contribution in [0.1, 0.15) is 5.01 Å². The third-order valence-electron chi connectivity index (χ3n) is 1.33. The summed E-state index contributed by atoms with van der Waals surface area (Å²) >= 11 is 1.20. The second kappa shape index (κ2) is 6.25. The Bertz CT molecular complexity index is 478. The molecule has 2 radical (unpaired) electrons. The van der Waals surface area contributed by atoms with Crippen LogP contribution in [0.15, 0.2) is 6.07 Å². The minimum absolute atomic E-state index is 0. The molecule has 1 aromatic carbocycles. The van der Waals surface area contributed by atoms with Gasteiger partial charge in [-0.1, -0.05) is 0 Å². The van der Waals surface area contributed by atoms with E-state index in [9.17, 15) is 0 Å². The van der Waals surface area contributed by atoms with Crippen molar-refractivity contribution in [1.82, 2.24) is 4.98 Å². The number of phenolic OH excluding ortho intramolecular Hbond substituents is 1. The monoisotopic (exact) mass is 352 g/mol. The number of fused-ring (bicyclic) bond motifs is 1. The van der Waals surface area contributed by atoms with E-state index in [2.05, 4.69) is 17.1 Å². The van der Waals surface area contributed by atoms with Gasteiger partial charge < -0.3 is 16.2 Å². The average Bonchev–Trinajstić information content (AvgIpc) is 2.46. The maximum Gasteiger partial charge on any atom is 0.168 e. The maximum absolute atomic E-state index is 9.00. The van der Waals surface area contributed by atoms with Crippen molar-refractivity contribution in [2.75, 3.05) is 0 Å². The van der Waals surface area contributed by atoms with E-state index in [0.717, 1.165) is 0 Å². The molecule has 1 heterocycles. The van der Waals surface area contributed by atoms with Gasteiger partial charge in [0.1, 0.15) is 6.07 Å². The molecule has 0 bridgehead atoms. The van der Waals surface area contributed by atoms with Gasteiger partial charge in [-0.2, -0.15) is 21.3 Å². The first-order valence-corrected chi connectivity index (χ1v) is 3.95. The standard InChI is InChI=1S/C8H2N2OS.2Y/c9-4-8-10-6-2-1-5(11)3-7(6)12-8;;/h2,11H;;/q-2;;. The molecule has 0 aliphatic carbocycles. The topological polar surface area (TPSA) is 56.9 Å². The Kier molecular flexibility index (Phi) is 6.52. The molecule has 14 heavy (non-hydrogen) atoms. The first kappa shape index (κ1) is 14.6. The molecular formula is C8H2N2OSY2-2. The quantitative estimate of drug-likeness (QED) is 0.731. The number of aromatic nitrogens is 1. The molecule has 2 rings (SSSR count). The molecule has 0 atom stereocenters. The van der Waals surface area contributed by atoms with E-state index in [1.807, 2.05) is 6.07 Å². The number of nitriles is 1. The van der Waals surface area contributed by atoms with Gasteiger partial charge in [-0.3, -0.25) is 12.1 Å². The molecule has 0 saturated carbocycles. The van der Waals surface area contributed by atoms with Crippen molar-refractivity contribution in [2.24, 2.45) is 0 Å². The Balaban J connectivity index is 0.000000845. The summed E-state index contributed by atoms with van der Waals surface area (Å²) in [5.41, 5.74) is 0.648. The van der Waals surface area contributed by atoms with Crippen LogP contribution in [-0.4, -0.2) is 10.1 Å². The summed E-state index contributed by atoms with van der Waals surface area (Å²) in [7, 11) is 0. The predicted octanol–water partition coefficient (Wildman–Crippen LogP) is 1.47. The summed E-state index contributed by atoms with van der Waals surface area (Å²) in [5.74, 6) is -0.0457. The molecule has 0 aliphatic rings.